The Morgan fingerprint density at radius 3 is 2.58 bits per heavy atom. The van der Waals surface area contributed by atoms with E-state index in [4.69, 9.17) is 0 Å². The molecule has 0 bridgehead atoms. The molecule has 1 aliphatic rings. The molecule has 1 aromatic carbocycles. The van der Waals surface area contributed by atoms with Crippen LogP contribution in [0, 0.1) is 0 Å². The van der Waals surface area contributed by atoms with E-state index < -0.39 is 0 Å². The molecule has 0 radical (unpaired) electrons. The fourth-order valence-electron chi connectivity index (χ4n) is 3.00. The van der Waals surface area contributed by atoms with Crippen molar-refractivity contribution in [3.05, 3.63) is 41.5 Å². The fraction of sp³-hybridized carbons (Fsp3) is 0.524. The minimum absolute atomic E-state index is 0.0917. The van der Waals surface area contributed by atoms with Gasteiger partial charge in [0.1, 0.15) is 0 Å². The summed E-state index contributed by atoms with van der Waals surface area (Å²) in [6.07, 6.45) is 5.81. The van der Waals surface area contributed by atoms with Crippen molar-refractivity contribution >= 4 is 17.9 Å². The molecule has 1 heterocycles. The van der Waals surface area contributed by atoms with Gasteiger partial charge in [0, 0.05) is 39.1 Å². The second kappa shape index (κ2) is 10.6. The Hall–Kier alpha value is -2.30. The van der Waals surface area contributed by atoms with Crippen LogP contribution in [0.4, 0.5) is 0 Å². The van der Waals surface area contributed by atoms with Gasteiger partial charge in [-0.15, -0.1) is 0 Å². The molecule has 0 aromatic heterocycles. The van der Waals surface area contributed by atoms with Crippen LogP contribution < -0.4 is 10.6 Å². The largest absolute Gasteiger partial charge is 0.356 e. The van der Waals surface area contributed by atoms with Gasteiger partial charge < -0.3 is 15.5 Å². The van der Waals surface area contributed by atoms with Gasteiger partial charge in [-0.05, 0) is 31.7 Å². The molecule has 5 nitrogen and oxygen atoms in total. The number of hydrogen-bond donors (Lipinski definition) is 2. The second-order valence-electron chi connectivity index (χ2n) is 6.80. The number of guanidine groups is 1. The van der Waals surface area contributed by atoms with E-state index in [0.29, 0.717) is 13.0 Å². The third-order valence-corrected chi connectivity index (χ3v) is 4.74. The van der Waals surface area contributed by atoms with Crippen molar-refractivity contribution in [2.24, 2.45) is 4.99 Å². The highest BCUT2D eigenvalue weighted by molar-refractivity contribution is 5.81. The van der Waals surface area contributed by atoms with Gasteiger partial charge in [0.05, 0.1) is 0 Å². The zero-order valence-corrected chi connectivity index (χ0v) is 16.3. The number of nitrogens with zero attached hydrogens (tertiary/aromatic N) is 2. The van der Waals surface area contributed by atoms with Crippen molar-refractivity contribution in [3.63, 3.8) is 0 Å². The van der Waals surface area contributed by atoms with E-state index in [0.717, 1.165) is 38.3 Å². The molecule has 1 atom stereocenters. The number of carbonyl (C=O) groups is 1. The number of hydrogen-bond acceptors (Lipinski definition) is 2. The molecule has 26 heavy (non-hydrogen) atoms. The highest BCUT2D eigenvalue weighted by Gasteiger charge is 2.17. The fourth-order valence-corrected chi connectivity index (χ4v) is 3.00. The Bertz CT molecular complexity index is 614. The number of nitrogens with one attached hydrogen (secondary N) is 2. The Morgan fingerprint density at radius 2 is 1.96 bits per heavy atom. The SMILES string of the molecule is CCC(C)NC(=O)CCNC(=NC)N1CCC(=Cc2ccccc2)CC1. The van der Waals surface area contributed by atoms with Crippen molar-refractivity contribution in [1.29, 1.82) is 0 Å². The Labute approximate surface area is 157 Å². The van der Waals surface area contributed by atoms with E-state index in [1.165, 1.54) is 11.1 Å². The highest BCUT2D eigenvalue weighted by Crippen LogP contribution is 2.19. The van der Waals surface area contributed by atoms with Gasteiger partial charge in [-0.1, -0.05) is 48.9 Å². The van der Waals surface area contributed by atoms with Crippen LogP contribution in [0.1, 0.15) is 45.1 Å². The Morgan fingerprint density at radius 1 is 1.27 bits per heavy atom. The van der Waals surface area contributed by atoms with Crippen molar-refractivity contribution in [2.75, 3.05) is 26.7 Å². The van der Waals surface area contributed by atoms with E-state index in [9.17, 15) is 4.79 Å². The van der Waals surface area contributed by atoms with Gasteiger partial charge in [-0.25, -0.2) is 0 Å². The Balaban J connectivity index is 1.76. The summed E-state index contributed by atoms with van der Waals surface area (Å²) in [4.78, 5) is 18.5. The summed E-state index contributed by atoms with van der Waals surface area (Å²) in [5.41, 5.74) is 2.75. The quantitative estimate of drug-likeness (QED) is 0.608. The number of benzene rings is 1. The summed E-state index contributed by atoms with van der Waals surface area (Å²) >= 11 is 0. The minimum atomic E-state index is 0.0917. The zero-order valence-electron chi connectivity index (χ0n) is 16.3. The molecule has 2 N–H and O–H groups in total. The number of rotatable bonds is 6. The number of carbonyl (C=O) groups excluding carboxylic acids is 1. The zero-order chi connectivity index (χ0) is 18.8. The van der Waals surface area contributed by atoms with Crippen molar-refractivity contribution < 1.29 is 4.79 Å². The average molecular weight is 357 g/mol. The molecule has 1 aromatic rings. The number of aliphatic imine (C=N–C) groups is 1. The third-order valence-electron chi connectivity index (χ3n) is 4.74. The molecule has 1 fully saturated rings. The number of likely N-dealkylation sites (tertiary alicyclic amines) is 1. The lowest BCUT2D eigenvalue weighted by Gasteiger charge is -2.31. The lowest BCUT2D eigenvalue weighted by Crippen LogP contribution is -2.45. The normalized spacial score (nSPS) is 16.2. The maximum atomic E-state index is 11.9. The molecule has 0 spiro atoms. The molecule has 0 saturated carbocycles. The number of piperidine rings is 1. The Kier molecular flexibility index (Phi) is 8.19. The first-order chi connectivity index (χ1) is 12.6. The average Bonchev–Trinajstić information content (AvgIpc) is 2.67. The van der Waals surface area contributed by atoms with E-state index in [1.54, 1.807) is 7.05 Å². The topological polar surface area (TPSA) is 56.7 Å². The standard InChI is InChI=1S/C21H32N4O/c1-4-17(2)24-20(26)10-13-23-21(22-3)25-14-11-19(12-15-25)16-18-8-6-5-7-9-18/h5-9,16-17H,4,10-15H2,1-3H3,(H,22,23)(H,24,26). The summed E-state index contributed by atoms with van der Waals surface area (Å²) in [5, 5.41) is 6.31. The summed E-state index contributed by atoms with van der Waals surface area (Å²) in [6.45, 7) is 6.62. The molecule has 0 aliphatic carbocycles. The molecule has 1 aliphatic heterocycles. The first kappa shape index (κ1) is 20.0. The molecule has 142 valence electrons. The van der Waals surface area contributed by atoms with Crippen LogP contribution in [0.15, 0.2) is 40.9 Å². The predicted molar refractivity (Wildman–Crippen MR) is 109 cm³/mol. The molecule has 5 heteroatoms. The van der Waals surface area contributed by atoms with E-state index >= 15 is 0 Å². The highest BCUT2D eigenvalue weighted by atomic mass is 16.1. The summed E-state index contributed by atoms with van der Waals surface area (Å²) < 4.78 is 0. The smallest absolute Gasteiger partial charge is 0.221 e. The van der Waals surface area contributed by atoms with Crippen LogP contribution in [0.25, 0.3) is 6.08 Å². The van der Waals surface area contributed by atoms with Crippen molar-refractivity contribution in [2.45, 2.75) is 45.6 Å². The van der Waals surface area contributed by atoms with Gasteiger partial charge >= 0.3 is 0 Å². The first-order valence-corrected chi connectivity index (χ1v) is 9.61. The van der Waals surface area contributed by atoms with Crippen LogP contribution >= 0.6 is 0 Å². The maximum absolute atomic E-state index is 11.9. The molecular weight excluding hydrogens is 324 g/mol. The molecule has 1 saturated heterocycles. The van der Waals surface area contributed by atoms with Crippen LogP contribution in [-0.2, 0) is 4.79 Å². The summed E-state index contributed by atoms with van der Waals surface area (Å²) in [5.74, 6) is 0.981. The monoisotopic (exact) mass is 356 g/mol. The summed E-state index contributed by atoms with van der Waals surface area (Å²) in [7, 11) is 1.80. The minimum Gasteiger partial charge on any atom is -0.356 e. The lowest BCUT2D eigenvalue weighted by molar-refractivity contribution is -0.121. The van der Waals surface area contributed by atoms with E-state index in [-0.39, 0.29) is 11.9 Å². The van der Waals surface area contributed by atoms with Crippen LogP contribution in [0.3, 0.4) is 0 Å². The lowest BCUT2D eigenvalue weighted by atomic mass is 10.0. The molecular formula is C21H32N4O. The summed E-state index contributed by atoms with van der Waals surface area (Å²) in [6, 6.07) is 10.7. The van der Waals surface area contributed by atoms with Gasteiger partial charge in [-0.2, -0.15) is 0 Å². The van der Waals surface area contributed by atoms with E-state index in [1.807, 2.05) is 13.0 Å². The molecule has 2 rings (SSSR count). The third kappa shape index (κ3) is 6.54. The van der Waals surface area contributed by atoms with Gasteiger partial charge in [0.2, 0.25) is 5.91 Å². The van der Waals surface area contributed by atoms with Crippen molar-refractivity contribution in [3.8, 4) is 0 Å². The van der Waals surface area contributed by atoms with Crippen molar-refractivity contribution in [1.82, 2.24) is 15.5 Å². The van der Waals surface area contributed by atoms with Crippen LogP contribution in [0.5, 0.6) is 0 Å². The maximum Gasteiger partial charge on any atom is 0.221 e. The predicted octanol–water partition coefficient (Wildman–Crippen LogP) is 3.05. The molecule has 1 unspecified atom stereocenters. The first-order valence-electron chi connectivity index (χ1n) is 9.61. The van der Waals surface area contributed by atoms with Gasteiger partial charge in [0.15, 0.2) is 5.96 Å². The van der Waals surface area contributed by atoms with Crippen LogP contribution in [0.2, 0.25) is 0 Å². The van der Waals surface area contributed by atoms with Gasteiger partial charge in [0.25, 0.3) is 0 Å². The van der Waals surface area contributed by atoms with Crippen LogP contribution in [-0.4, -0.2) is 49.5 Å². The number of amides is 1. The molecule has 1 amide bonds. The van der Waals surface area contributed by atoms with E-state index in [2.05, 4.69) is 57.8 Å². The van der Waals surface area contributed by atoms with Gasteiger partial charge in [-0.3, -0.25) is 9.79 Å². The second-order valence-corrected chi connectivity index (χ2v) is 6.80.